The Morgan fingerprint density at radius 1 is 1.37 bits per heavy atom. The zero-order valence-corrected chi connectivity index (χ0v) is 20.6. The van der Waals surface area contributed by atoms with E-state index in [0.29, 0.717) is 24.1 Å². The molecule has 2 fully saturated rings. The third-order valence-corrected chi connectivity index (χ3v) is 10.6. The number of alkyl halides is 1. The summed E-state index contributed by atoms with van der Waals surface area (Å²) in [5.74, 6) is 0.680. The van der Waals surface area contributed by atoms with Gasteiger partial charge >= 0.3 is 0 Å². The molecule has 1 aromatic rings. The van der Waals surface area contributed by atoms with Crippen molar-refractivity contribution < 1.29 is 9.53 Å². The van der Waals surface area contributed by atoms with Crippen molar-refractivity contribution in [1.29, 1.82) is 0 Å². The van der Waals surface area contributed by atoms with E-state index in [-0.39, 0.29) is 23.3 Å². The van der Waals surface area contributed by atoms with Gasteiger partial charge in [0, 0.05) is 49.3 Å². The van der Waals surface area contributed by atoms with Crippen LogP contribution >= 0.6 is 15.9 Å². The molecule has 6 unspecified atom stereocenters. The Kier molecular flexibility index (Phi) is 4.75. The molecule has 30 heavy (non-hydrogen) atoms. The van der Waals surface area contributed by atoms with Gasteiger partial charge in [-0.1, -0.05) is 72.0 Å². The predicted octanol–water partition coefficient (Wildman–Crippen LogP) is 4.31. The highest BCUT2D eigenvalue weighted by Crippen LogP contribution is 2.67. The maximum absolute atomic E-state index is 14.1. The first-order chi connectivity index (χ1) is 14.3. The van der Waals surface area contributed by atoms with Crippen LogP contribution in [0.2, 0.25) is 25.7 Å². The number of allylic oxidation sites excluding steroid dienone is 1. The number of amides is 1. The Bertz CT molecular complexity index is 928. The average Bonchev–Trinajstić information content (AvgIpc) is 3.26. The molecular weight excluding hydrogens is 456 g/mol. The summed E-state index contributed by atoms with van der Waals surface area (Å²) >= 11 is 3.95. The maximum atomic E-state index is 14.1. The van der Waals surface area contributed by atoms with E-state index < -0.39 is 13.5 Å². The largest absolute Gasteiger partial charge is 0.361 e. The van der Waals surface area contributed by atoms with Crippen LogP contribution in [0.3, 0.4) is 0 Å². The molecule has 4 aliphatic rings. The fraction of sp³-hybridized carbons (Fsp3) is 0.542. The SMILES string of the molecule is C=CC12CNC3C(Br)C1C=CC1(C(=O)N(COCC[Si](C)(C)C)c4ccccc41)C32. The number of halogens is 1. The number of carbonyl (C=O) groups is 1. The Hall–Kier alpha value is -1.21. The van der Waals surface area contributed by atoms with Gasteiger partial charge < -0.3 is 10.1 Å². The predicted molar refractivity (Wildman–Crippen MR) is 128 cm³/mol. The van der Waals surface area contributed by atoms with Crippen molar-refractivity contribution in [1.82, 2.24) is 5.32 Å². The Morgan fingerprint density at radius 2 is 2.13 bits per heavy atom. The normalized spacial score (nSPS) is 38.5. The van der Waals surface area contributed by atoms with Gasteiger partial charge in [0.25, 0.3) is 0 Å². The van der Waals surface area contributed by atoms with Gasteiger partial charge in [-0.25, -0.2) is 0 Å². The summed E-state index contributed by atoms with van der Waals surface area (Å²) < 4.78 is 6.05. The lowest BCUT2D eigenvalue weighted by molar-refractivity contribution is -0.125. The number of piperidine rings is 1. The maximum Gasteiger partial charge on any atom is 0.243 e. The van der Waals surface area contributed by atoms with Crippen molar-refractivity contribution in [2.24, 2.45) is 17.3 Å². The number of rotatable bonds is 6. The van der Waals surface area contributed by atoms with Gasteiger partial charge in [0.05, 0.1) is 11.1 Å². The van der Waals surface area contributed by atoms with Gasteiger partial charge in [0.1, 0.15) is 6.73 Å². The first-order valence-corrected chi connectivity index (χ1v) is 15.6. The zero-order valence-electron chi connectivity index (χ0n) is 18.0. The minimum atomic E-state index is -1.17. The molecule has 160 valence electrons. The van der Waals surface area contributed by atoms with Crippen LogP contribution in [0.5, 0.6) is 0 Å². The minimum Gasteiger partial charge on any atom is -0.361 e. The second-order valence-corrected chi connectivity index (χ2v) is 17.2. The fourth-order valence-electron chi connectivity index (χ4n) is 6.32. The molecule has 6 heteroatoms. The van der Waals surface area contributed by atoms with Crippen LogP contribution < -0.4 is 10.2 Å². The van der Waals surface area contributed by atoms with E-state index >= 15 is 0 Å². The summed E-state index contributed by atoms with van der Waals surface area (Å²) in [6, 6.07) is 9.63. The van der Waals surface area contributed by atoms with E-state index in [1.165, 1.54) is 0 Å². The molecule has 2 aliphatic carbocycles. The molecule has 4 nitrogen and oxygen atoms in total. The molecular formula is C24H31BrN2O2Si. The number of ether oxygens (including phenoxy) is 1. The van der Waals surface area contributed by atoms with E-state index in [0.717, 1.165) is 23.8 Å². The molecule has 0 aromatic heterocycles. The van der Waals surface area contributed by atoms with Crippen LogP contribution in [0.25, 0.3) is 0 Å². The molecule has 2 heterocycles. The van der Waals surface area contributed by atoms with Crippen molar-refractivity contribution >= 4 is 35.6 Å². The van der Waals surface area contributed by atoms with Gasteiger partial charge in [-0.3, -0.25) is 9.69 Å². The summed E-state index contributed by atoms with van der Waals surface area (Å²) in [6.45, 7) is 13.2. The number of para-hydroxylation sites is 1. The Balaban J connectivity index is 1.53. The number of benzene rings is 1. The van der Waals surface area contributed by atoms with Crippen molar-refractivity contribution in [2.75, 3.05) is 24.8 Å². The fourth-order valence-corrected chi connectivity index (χ4v) is 8.23. The van der Waals surface area contributed by atoms with E-state index in [2.05, 4.69) is 83.9 Å². The lowest BCUT2D eigenvalue weighted by Gasteiger charge is -2.44. The molecule has 1 spiro atoms. The van der Waals surface area contributed by atoms with Gasteiger partial charge in [0.15, 0.2) is 0 Å². The standard InChI is InChI=1S/C24H31BrN2O2Si/c1-5-23-14-26-20-19(25)17(23)10-11-24(21(20)23)16-8-6-7-9-18(16)27(22(24)28)15-29-12-13-30(2,3)4/h5-11,17,19-21,26H,1,12-15H2,2-4H3. The number of fused-ring (bicyclic) bond motifs is 2. The summed E-state index contributed by atoms with van der Waals surface area (Å²) in [4.78, 5) is 16.3. The second-order valence-electron chi connectivity index (χ2n) is 10.5. The monoisotopic (exact) mass is 486 g/mol. The molecule has 1 N–H and O–H groups in total. The molecule has 1 aromatic carbocycles. The highest BCUT2D eigenvalue weighted by molar-refractivity contribution is 9.09. The molecule has 5 rings (SSSR count). The highest BCUT2D eigenvalue weighted by atomic mass is 79.9. The average molecular weight is 488 g/mol. The van der Waals surface area contributed by atoms with E-state index in [1.807, 2.05) is 11.0 Å². The van der Waals surface area contributed by atoms with Gasteiger partial charge in [0.2, 0.25) is 5.91 Å². The van der Waals surface area contributed by atoms with Crippen LogP contribution in [0.15, 0.2) is 49.1 Å². The van der Waals surface area contributed by atoms with Crippen molar-refractivity contribution in [2.45, 2.75) is 42.0 Å². The minimum absolute atomic E-state index is 0.106. The molecule has 2 aliphatic heterocycles. The topological polar surface area (TPSA) is 41.6 Å². The van der Waals surface area contributed by atoms with Crippen LogP contribution in [0, 0.1) is 17.3 Å². The highest BCUT2D eigenvalue weighted by Gasteiger charge is 2.73. The smallest absolute Gasteiger partial charge is 0.243 e. The van der Waals surface area contributed by atoms with Crippen LogP contribution in [0.1, 0.15) is 5.56 Å². The number of hydrogen-bond donors (Lipinski definition) is 1. The Morgan fingerprint density at radius 3 is 2.87 bits per heavy atom. The third kappa shape index (κ3) is 2.60. The zero-order chi connectivity index (χ0) is 21.3. The number of hydrogen-bond acceptors (Lipinski definition) is 3. The molecule has 1 saturated carbocycles. The van der Waals surface area contributed by atoms with Crippen molar-refractivity contribution in [3.05, 3.63) is 54.6 Å². The number of nitrogens with one attached hydrogen (secondary N) is 1. The quantitative estimate of drug-likeness (QED) is 0.282. The van der Waals surface area contributed by atoms with Gasteiger partial charge in [-0.05, 0) is 17.7 Å². The van der Waals surface area contributed by atoms with Crippen molar-refractivity contribution in [3.63, 3.8) is 0 Å². The summed E-state index contributed by atoms with van der Waals surface area (Å²) in [5, 5.41) is 3.70. The van der Waals surface area contributed by atoms with Crippen LogP contribution in [0.4, 0.5) is 5.69 Å². The summed E-state index contributed by atoms with van der Waals surface area (Å²) in [5.41, 5.74) is 1.35. The van der Waals surface area contributed by atoms with Crippen LogP contribution in [-0.4, -0.2) is 44.7 Å². The van der Waals surface area contributed by atoms with Gasteiger partial charge in [-0.15, -0.1) is 6.58 Å². The summed E-state index contributed by atoms with van der Waals surface area (Å²) in [6.07, 6.45) is 6.60. The van der Waals surface area contributed by atoms with E-state index in [1.54, 1.807) is 0 Å². The lowest BCUT2D eigenvalue weighted by atomic mass is 9.56. The third-order valence-electron chi connectivity index (χ3n) is 7.78. The molecule has 1 saturated heterocycles. The second kappa shape index (κ2) is 6.89. The Labute approximate surface area is 188 Å². The van der Waals surface area contributed by atoms with E-state index in [9.17, 15) is 4.79 Å². The number of carbonyl (C=O) groups excluding carboxylic acids is 1. The molecule has 6 atom stereocenters. The first kappa shape index (κ1) is 20.7. The lowest BCUT2D eigenvalue weighted by Crippen LogP contribution is -2.52. The number of nitrogens with zero attached hydrogens (tertiary/aromatic N) is 1. The van der Waals surface area contributed by atoms with Crippen molar-refractivity contribution in [3.8, 4) is 0 Å². The molecule has 1 amide bonds. The van der Waals surface area contributed by atoms with Crippen LogP contribution in [-0.2, 0) is 14.9 Å². The first-order valence-electron chi connectivity index (χ1n) is 11.0. The van der Waals surface area contributed by atoms with E-state index in [4.69, 9.17) is 4.74 Å². The number of anilines is 1. The molecule has 4 bridgehead atoms. The molecule has 0 radical (unpaired) electrons. The van der Waals surface area contributed by atoms with Gasteiger partial charge in [-0.2, -0.15) is 0 Å². The summed E-state index contributed by atoms with van der Waals surface area (Å²) in [7, 11) is -1.17.